The fourth-order valence-electron chi connectivity index (χ4n) is 10.0. The summed E-state index contributed by atoms with van der Waals surface area (Å²) in [5, 5.41) is 11.3. The smallest absolute Gasteiger partial charge is 0.256 e. The number of carbonyl (C=O) groups excluding carboxylic acids is 4. The van der Waals surface area contributed by atoms with Crippen LogP contribution in [0.25, 0.3) is 16.6 Å². The molecule has 5 aromatic rings. The van der Waals surface area contributed by atoms with E-state index in [0.717, 1.165) is 117 Å². The number of rotatable bonds is 9. The standard InChI is InChI=1S/C44H52N12O4/c1-50-14-3-4-36(50)34-26-55-27-38(45-24-39(55)46-34)47-42(58)29-5-8-35-33(23-29)41(49-51(35)2)54-16-12-28(13-17-54)11-15-52-18-20-53(21-19-52)31-6-7-32-30(22-31)25-56(44(32)60)37-9-10-40(57)48-43(37)59/h5-8,22-24,26-28,36-37H,3-4,9-21,25H2,1-2H3,(H,47,58)(H,48,57,59)/t36-,37?/m1/s1. The number of aryl methyl sites for hydroxylation is 1. The van der Waals surface area contributed by atoms with Crippen molar-refractivity contribution in [2.75, 3.05) is 74.5 Å². The number of aromatic nitrogens is 5. The zero-order valence-electron chi connectivity index (χ0n) is 34.3. The van der Waals surface area contributed by atoms with Crippen molar-refractivity contribution in [2.24, 2.45) is 13.0 Å². The van der Waals surface area contributed by atoms with E-state index >= 15 is 0 Å². The Labute approximate surface area is 348 Å². The molecule has 0 aliphatic carbocycles. The van der Waals surface area contributed by atoms with Crippen LogP contribution in [0.5, 0.6) is 0 Å². The first-order valence-corrected chi connectivity index (χ1v) is 21.5. The van der Waals surface area contributed by atoms with Crippen LogP contribution >= 0.6 is 0 Å². The molecule has 5 aliphatic heterocycles. The molecule has 10 rings (SSSR count). The molecule has 3 aromatic heterocycles. The zero-order chi connectivity index (χ0) is 41.1. The van der Waals surface area contributed by atoms with E-state index in [0.29, 0.717) is 41.9 Å². The maximum absolute atomic E-state index is 13.5. The van der Waals surface area contributed by atoms with Gasteiger partial charge in [-0.2, -0.15) is 5.10 Å². The Morgan fingerprint density at radius 2 is 1.72 bits per heavy atom. The monoisotopic (exact) mass is 812 g/mol. The molecule has 2 aromatic carbocycles. The number of carbonyl (C=O) groups is 4. The van der Waals surface area contributed by atoms with Gasteiger partial charge in [0.2, 0.25) is 11.8 Å². The molecule has 16 nitrogen and oxygen atoms in total. The van der Waals surface area contributed by atoms with E-state index in [2.05, 4.69) is 48.3 Å². The van der Waals surface area contributed by atoms with E-state index in [4.69, 9.17) is 10.1 Å². The Morgan fingerprint density at radius 3 is 2.50 bits per heavy atom. The number of imide groups is 1. The second-order valence-corrected chi connectivity index (χ2v) is 17.3. The van der Waals surface area contributed by atoms with Crippen molar-refractivity contribution in [3.05, 3.63) is 77.4 Å². The Kier molecular flexibility index (Phi) is 9.98. The largest absolute Gasteiger partial charge is 0.369 e. The number of piperidine rings is 2. The molecule has 4 saturated heterocycles. The first kappa shape index (κ1) is 38.3. The number of hydrogen-bond donors (Lipinski definition) is 2. The lowest BCUT2D eigenvalue weighted by Crippen LogP contribution is -2.52. The minimum absolute atomic E-state index is 0.135. The summed E-state index contributed by atoms with van der Waals surface area (Å²) < 4.78 is 3.85. The Balaban J connectivity index is 0.711. The maximum atomic E-state index is 13.5. The second-order valence-electron chi connectivity index (χ2n) is 17.3. The molecule has 1 unspecified atom stereocenters. The van der Waals surface area contributed by atoms with Crippen molar-refractivity contribution in [2.45, 2.75) is 63.6 Å². The highest BCUT2D eigenvalue weighted by molar-refractivity contribution is 6.07. The van der Waals surface area contributed by atoms with Crippen molar-refractivity contribution < 1.29 is 19.2 Å². The number of amides is 4. The fourth-order valence-corrected chi connectivity index (χ4v) is 10.0. The van der Waals surface area contributed by atoms with E-state index in [1.54, 1.807) is 11.1 Å². The molecule has 4 amide bonds. The van der Waals surface area contributed by atoms with Crippen LogP contribution < -0.4 is 20.4 Å². The number of piperazine rings is 1. The third-order valence-corrected chi connectivity index (χ3v) is 13.6. The lowest BCUT2D eigenvalue weighted by Gasteiger charge is -2.38. The van der Waals surface area contributed by atoms with Crippen LogP contribution in [0.4, 0.5) is 17.3 Å². The van der Waals surface area contributed by atoms with Crippen LogP contribution in [-0.4, -0.2) is 128 Å². The molecule has 0 bridgehead atoms. The van der Waals surface area contributed by atoms with E-state index in [1.165, 1.54) is 6.42 Å². The molecule has 0 saturated carbocycles. The topological polar surface area (TPSA) is 157 Å². The molecular weight excluding hydrogens is 761 g/mol. The van der Waals surface area contributed by atoms with Gasteiger partial charge in [0.05, 0.1) is 29.6 Å². The number of likely N-dealkylation sites (tertiary alicyclic amines) is 1. The average molecular weight is 813 g/mol. The van der Waals surface area contributed by atoms with Gasteiger partial charge in [0.1, 0.15) is 11.9 Å². The summed E-state index contributed by atoms with van der Waals surface area (Å²) in [7, 11) is 4.10. The predicted molar refractivity (Wildman–Crippen MR) is 227 cm³/mol. The van der Waals surface area contributed by atoms with Gasteiger partial charge in [-0.3, -0.25) is 39.0 Å². The van der Waals surface area contributed by atoms with Gasteiger partial charge in [-0.1, -0.05) is 0 Å². The highest BCUT2D eigenvalue weighted by atomic mass is 16.2. The first-order valence-electron chi connectivity index (χ1n) is 21.5. The minimum Gasteiger partial charge on any atom is -0.369 e. The molecule has 0 radical (unpaired) electrons. The van der Waals surface area contributed by atoms with E-state index in [1.807, 2.05) is 58.9 Å². The van der Waals surface area contributed by atoms with E-state index < -0.39 is 6.04 Å². The summed E-state index contributed by atoms with van der Waals surface area (Å²) in [4.78, 5) is 71.4. The third kappa shape index (κ3) is 7.25. The number of imidazole rings is 1. The van der Waals surface area contributed by atoms with Crippen LogP contribution in [0.2, 0.25) is 0 Å². The third-order valence-electron chi connectivity index (χ3n) is 13.6. The highest BCUT2D eigenvalue weighted by Crippen LogP contribution is 2.34. The molecular formula is C44H52N12O4. The summed E-state index contributed by atoms with van der Waals surface area (Å²) in [6, 6.07) is 11.5. The molecule has 4 fully saturated rings. The van der Waals surface area contributed by atoms with Crippen LogP contribution in [0.1, 0.15) is 83.0 Å². The van der Waals surface area contributed by atoms with Gasteiger partial charge in [-0.15, -0.1) is 0 Å². The van der Waals surface area contributed by atoms with Crippen LogP contribution in [-0.2, 0) is 23.2 Å². The van der Waals surface area contributed by atoms with Crippen molar-refractivity contribution in [3.63, 3.8) is 0 Å². The van der Waals surface area contributed by atoms with Gasteiger partial charge in [0.15, 0.2) is 11.5 Å². The Morgan fingerprint density at radius 1 is 0.883 bits per heavy atom. The summed E-state index contributed by atoms with van der Waals surface area (Å²) in [6.45, 7) is 8.21. The SMILES string of the molecule is CN1CCC[C@@H]1c1cn2cc(NC(=O)c3ccc4c(c3)c(N3CCC(CCN5CCN(c6ccc7c(c6)CN(C6CCC(=O)NC6=O)C7=O)CC5)CC3)nn4C)ncc2n1. The molecule has 0 spiro atoms. The molecule has 312 valence electrons. The molecule has 60 heavy (non-hydrogen) atoms. The second kappa shape index (κ2) is 15.6. The fraction of sp³-hybridized carbons (Fsp3) is 0.477. The summed E-state index contributed by atoms with van der Waals surface area (Å²) >= 11 is 0. The maximum Gasteiger partial charge on any atom is 0.256 e. The predicted octanol–water partition coefficient (Wildman–Crippen LogP) is 3.82. The van der Waals surface area contributed by atoms with Crippen LogP contribution in [0, 0.1) is 5.92 Å². The normalized spacial score (nSPS) is 22.0. The van der Waals surface area contributed by atoms with Gasteiger partial charge in [0, 0.05) is 87.7 Å². The average Bonchev–Trinajstić information content (AvgIpc) is 4.04. The lowest BCUT2D eigenvalue weighted by molar-refractivity contribution is -0.136. The summed E-state index contributed by atoms with van der Waals surface area (Å²) in [5.41, 5.74) is 6.06. The van der Waals surface area contributed by atoms with E-state index in [9.17, 15) is 19.2 Å². The lowest BCUT2D eigenvalue weighted by atomic mass is 9.93. The Bertz CT molecular complexity index is 2500. The van der Waals surface area contributed by atoms with E-state index in [-0.39, 0.29) is 30.0 Å². The van der Waals surface area contributed by atoms with Gasteiger partial charge in [0.25, 0.3) is 11.8 Å². The van der Waals surface area contributed by atoms with Gasteiger partial charge in [-0.05, 0) is 107 Å². The number of benzene rings is 2. The highest BCUT2D eigenvalue weighted by Gasteiger charge is 2.39. The Hall–Kier alpha value is -5.87. The summed E-state index contributed by atoms with van der Waals surface area (Å²) in [6.07, 6.45) is 11.8. The number of nitrogens with one attached hydrogen (secondary N) is 2. The number of fused-ring (bicyclic) bond motifs is 3. The number of nitrogens with zero attached hydrogens (tertiary/aromatic N) is 10. The number of hydrogen-bond acceptors (Lipinski definition) is 11. The quantitative estimate of drug-likeness (QED) is 0.209. The molecule has 8 heterocycles. The molecule has 2 atom stereocenters. The first-order chi connectivity index (χ1) is 29.1. The number of anilines is 3. The van der Waals surface area contributed by atoms with Crippen molar-refractivity contribution in [1.29, 1.82) is 0 Å². The van der Waals surface area contributed by atoms with Gasteiger partial charge < -0.3 is 24.4 Å². The summed E-state index contributed by atoms with van der Waals surface area (Å²) in [5.74, 6) is 1.05. The van der Waals surface area contributed by atoms with Gasteiger partial charge >= 0.3 is 0 Å². The van der Waals surface area contributed by atoms with Crippen LogP contribution in [0.15, 0.2) is 55.0 Å². The minimum atomic E-state index is -0.600. The zero-order valence-corrected chi connectivity index (χ0v) is 34.3. The van der Waals surface area contributed by atoms with Crippen molar-refractivity contribution >= 4 is 57.5 Å². The molecule has 16 heteroatoms. The molecule has 5 aliphatic rings. The molecule has 2 N–H and O–H groups in total. The van der Waals surface area contributed by atoms with Crippen molar-refractivity contribution in [1.82, 2.24) is 44.2 Å². The van der Waals surface area contributed by atoms with Crippen LogP contribution in [0.3, 0.4) is 0 Å². The van der Waals surface area contributed by atoms with Gasteiger partial charge in [-0.25, -0.2) is 9.97 Å². The van der Waals surface area contributed by atoms with Crippen molar-refractivity contribution in [3.8, 4) is 0 Å².